The number of benzene rings is 4. The second-order valence-electron chi connectivity index (χ2n) is 12.7. The molecule has 8 rings (SSSR count). The third kappa shape index (κ3) is 4.98. The number of imidazole rings is 1. The second-order valence-corrected chi connectivity index (χ2v) is 12.7. The van der Waals surface area contributed by atoms with Crippen molar-refractivity contribution in [1.82, 2.24) is 14.5 Å². The quantitative estimate of drug-likeness (QED) is 0.177. The van der Waals surface area contributed by atoms with Gasteiger partial charge in [-0.15, -0.1) is 12.1 Å². The van der Waals surface area contributed by atoms with E-state index in [4.69, 9.17) is 14.4 Å². The molecule has 6 heteroatoms. The molecule has 46 heavy (non-hydrogen) atoms. The molecule has 7 aromatic rings. The van der Waals surface area contributed by atoms with E-state index in [-0.39, 0.29) is 26.8 Å². The van der Waals surface area contributed by atoms with Crippen LogP contribution in [0.3, 0.4) is 0 Å². The molecule has 0 fully saturated rings. The Balaban J connectivity index is 0.00000338. The summed E-state index contributed by atoms with van der Waals surface area (Å²) in [7, 11) is 0. The number of pyridine rings is 1. The van der Waals surface area contributed by atoms with Gasteiger partial charge in [-0.3, -0.25) is 4.98 Å². The molecule has 0 unspecified atom stereocenters. The SMILES string of the molecule is CC(C)c1cc(C(C)C)cc(-n2cc(-c3ccc4c(n3)-c3c(O)cccc3CC4)nc2-c2[c-]ccc3oc4ccccc4c23)c1.[Pt]. The molecular weight excluding hydrogens is 750 g/mol. The van der Waals surface area contributed by atoms with E-state index in [1.54, 1.807) is 6.07 Å². The predicted molar refractivity (Wildman–Crippen MR) is 181 cm³/mol. The monoisotopic (exact) mass is 783 g/mol. The van der Waals surface area contributed by atoms with Crippen LogP contribution in [0.2, 0.25) is 0 Å². The average Bonchev–Trinajstić information content (AvgIpc) is 3.67. The first-order valence-corrected chi connectivity index (χ1v) is 15.7. The zero-order valence-electron chi connectivity index (χ0n) is 26.2. The molecule has 4 aromatic carbocycles. The summed E-state index contributed by atoms with van der Waals surface area (Å²) < 4.78 is 8.45. The van der Waals surface area contributed by atoms with Crippen molar-refractivity contribution in [2.75, 3.05) is 0 Å². The molecule has 0 radical (unpaired) electrons. The van der Waals surface area contributed by atoms with Crippen LogP contribution in [0.5, 0.6) is 5.75 Å². The van der Waals surface area contributed by atoms with Crippen LogP contribution in [0.1, 0.15) is 61.8 Å². The fourth-order valence-corrected chi connectivity index (χ4v) is 6.62. The number of furan rings is 1. The van der Waals surface area contributed by atoms with Crippen molar-refractivity contribution in [2.24, 2.45) is 0 Å². The van der Waals surface area contributed by atoms with Crippen LogP contribution >= 0.6 is 0 Å². The molecule has 1 aliphatic rings. The number of para-hydroxylation sites is 1. The van der Waals surface area contributed by atoms with Gasteiger partial charge in [0, 0.05) is 38.5 Å². The number of hydrogen-bond donors (Lipinski definition) is 1. The summed E-state index contributed by atoms with van der Waals surface area (Å²) in [5, 5.41) is 12.9. The molecule has 3 heterocycles. The molecule has 0 amide bonds. The van der Waals surface area contributed by atoms with Crippen LogP contribution in [0.4, 0.5) is 0 Å². The number of fused-ring (bicyclic) bond motifs is 6. The first kappa shape index (κ1) is 30.2. The first-order chi connectivity index (χ1) is 21.9. The van der Waals surface area contributed by atoms with Crippen molar-refractivity contribution >= 4 is 21.9 Å². The minimum Gasteiger partial charge on any atom is -0.507 e. The predicted octanol–water partition coefficient (Wildman–Crippen LogP) is 10.0. The molecule has 1 N–H and O–H groups in total. The third-order valence-electron chi connectivity index (χ3n) is 9.11. The van der Waals surface area contributed by atoms with Gasteiger partial charge in [-0.2, -0.15) is 0 Å². The Morgan fingerprint density at radius 3 is 2.33 bits per heavy atom. The van der Waals surface area contributed by atoms with Gasteiger partial charge in [0.05, 0.1) is 28.5 Å². The molecule has 0 saturated heterocycles. The van der Waals surface area contributed by atoms with Crippen LogP contribution in [0, 0.1) is 6.07 Å². The van der Waals surface area contributed by atoms with Gasteiger partial charge in [0.15, 0.2) is 0 Å². The zero-order chi connectivity index (χ0) is 30.8. The number of hydrogen-bond acceptors (Lipinski definition) is 4. The molecule has 0 saturated carbocycles. The van der Waals surface area contributed by atoms with Gasteiger partial charge >= 0.3 is 0 Å². The van der Waals surface area contributed by atoms with E-state index in [0.717, 1.165) is 85.6 Å². The summed E-state index contributed by atoms with van der Waals surface area (Å²) in [6.45, 7) is 8.94. The Morgan fingerprint density at radius 1 is 0.783 bits per heavy atom. The Hall–Kier alpha value is -4.47. The average molecular weight is 784 g/mol. The number of aryl methyl sites for hydroxylation is 2. The normalized spacial score (nSPS) is 12.5. The number of aromatic nitrogens is 3. The molecule has 1 aliphatic carbocycles. The molecule has 232 valence electrons. The molecule has 3 aromatic heterocycles. The van der Waals surface area contributed by atoms with E-state index >= 15 is 0 Å². The van der Waals surface area contributed by atoms with Crippen LogP contribution < -0.4 is 0 Å². The molecular formula is C40H34N3O2Pt-. The summed E-state index contributed by atoms with van der Waals surface area (Å²) in [5.41, 5.74) is 11.6. The van der Waals surface area contributed by atoms with E-state index in [0.29, 0.717) is 11.8 Å². The third-order valence-corrected chi connectivity index (χ3v) is 9.11. The van der Waals surface area contributed by atoms with E-state index in [9.17, 15) is 5.11 Å². The van der Waals surface area contributed by atoms with Gasteiger partial charge in [0.1, 0.15) is 11.3 Å². The fourth-order valence-electron chi connectivity index (χ4n) is 6.62. The van der Waals surface area contributed by atoms with Gasteiger partial charge in [0.2, 0.25) is 0 Å². The van der Waals surface area contributed by atoms with E-state index in [2.05, 4.69) is 87.0 Å². The van der Waals surface area contributed by atoms with Crippen LogP contribution in [0.25, 0.3) is 61.7 Å². The minimum atomic E-state index is 0. The topological polar surface area (TPSA) is 64.1 Å². The van der Waals surface area contributed by atoms with E-state index in [1.807, 2.05) is 36.4 Å². The summed E-state index contributed by atoms with van der Waals surface area (Å²) in [6, 6.07) is 32.3. The maximum atomic E-state index is 10.8. The van der Waals surface area contributed by atoms with Gasteiger partial charge in [-0.1, -0.05) is 87.2 Å². The van der Waals surface area contributed by atoms with Crippen molar-refractivity contribution in [2.45, 2.75) is 52.4 Å². The van der Waals surface area contributed by atoms with Crippen molar-refractivity contribution in [3.63, 3.8) is 0 Å². The zero-order valence-corrected chi connectivity index (χ0v) is 28.5. The van der Waals surface area contributed by atoms with Crippen LogP contribution in [-0.2, 0) is 33.9 Å². The van der Waals surface area contributed by atoms with E-state index < -0.39 is 0 Å². The van der Waals surface area contributed by atoms with Gasteiger partial charge in [-0.25, -0.2) is 4.98 Å². The number of phenolic OH excluding ortho intramolecular Hbond substituents is 1. The van der Waals surface area contributed by atoms with Crippen molar-refractivity contribution in [1.29, 1.82) is 0 Å². The Morgan fingerprint density at radius 2 is 1.54 bits per heavy atom. The Labute approximate surface area is 283 Å². The van der Waals surface area contributed by atoms with Crippen molar-refractivity contribution in [3.8, 4) is 45.5 Å². The Kier molecular flexibility index (Phi) is 7.69. The number of nitrogens with zero attached hydrogens (tertiary/aromatic N) is 3. The number of aromatic hydroxyl groups is 1. The smallest absolute Gasteiger partial charge is 0.125 e. The maximum Gasteiger partial charge on any atom is 0.125 e. The van der Waals surface area contributed by atoms with Crippen molar-refractivity contribution < 1.29 is 30.6 Å². The van der Waals surface area contributed by atoms with Gasteiger partial charge in [-0.05, 0) is 82.6 Å². The minimum absolute atomic E-state index is 0. The summed E-state index contributed by atoms with van der Waals surface area (Å²) >= 11 is 0. The standard InChI is InChI=1S/C40H34N3O2.Pt/c1-23(2)27-19-28(24(3)4)21-29(20-27)43-22-33(32-18-17-26-16-15-25-9-7-12-34(44)37(25)39(26)41-32)42-40(43)31-11-8-14-36-38(31)30-10-5-6-13-35(30)45-36;/h5-10,12-14,17-24,44H,15-16H2,1-4H3;/q-1;. The van der Waals surface area contributed by atoms with Crippen molar-refractivity contribution in [3.05, 3.63) is 119 Å². The largest absolute Gasteiger partial charge is 0.507 e. The molecule has 0 bridgehead atoms. The van der Waals surface area contributed by atoms with Crippen LogP contribution in [-0.4, -0.2) is 19.6 Å². The molecule has 5 nitrogen and oxygen atoms in total. The number of phenols is 1. The summed E-state index contributed by atoms with van der Waals surface area (Å²) in [6.07, 6.45) is 3.87. The molecule has 0 atom stereocenters. The Bertz CT molecular complexity index is 2230. The van der Waals surface area contributed by atoms with E-state index in [1.165, 1.54) is 11.1 Å². The maximum absolute atomic E-state index is 10.8. The van der Waals surface area contributed by atoms with Crippen LogP contribution in [0.15, 0.2) is 95.5 Å². The first-order valence-electron chi connectivity index (χ1n) is 15.7. The molecule has 0 spiro atoms. The van der Waals surface area contributed by atoms with Gasteiger partial charge < -0.3 is 14.1 Å². The number of rotatable bonds is 5. The van der Waals surface area contributed by atoms with Gasteiger partial charge in [0.25, 0.3) is 0 Å². The summed E-state index contributed by atoms with van der Waals surface area (Å²) in [4.78, 5) is 10.5. The summed E-state index contributed by atoms with van der Waals surface area (Å²) in [5.74, 6) is 1.79. The molecule has 0 aliphatic heterocycles. The second kappa shape index (κ2) is 11.7. The fraction of sp³-hybridized carbons (Fsp3) is 0.200.